The highest BCUT2D eigenvalue weighted by atomic mass is 19.2. The van der Waals surface area contributed by atoms with Crippen molar-refractivity contribution in [1.82, 2.24) is 5.32 Å². The Hall–Kier alpha value is -1.86. The summed E-state index contributed by atoms with van der Waals surface area (Å²) in [6.45, 7) is -0.575. The molecule has 0 aliphatic heterocycles. The van der Waals surface area contributed by atoms with Crippen LogP contribution in [0.4, 0.5) is 27.6 Å². The van der Waals surface area contributed by atoms with Crippen molar-refractivity contribution in [2.45, 2.75) is 31.7 Å². The van der Waals surface area contributed by atoms with Crippen molar-refractivity contribution in [2.24, 2.45) is 0 Å². The second-order valence-corrected chi connectivity index (χ2v) is 4.85. The Morgan fingerprint density at radius 2 is 1.38 bits per heavy atom. The van der Waals surface area contributed by atoms with Crippen LogP contribution in [0.2, 0.25) is 0 Å². The van der Waals surface area contributed by atoms with Crippen LogP contribution in [-0.2, 0) is 4.79 Å². The Kier molecular flexibility index (Phi) is 4.64. The van der Waals surface area contributed by atoms with E-state index in [2.05, 4.69) is 5.32 Å². The molecule has 0 heterocycles. The molecule has 0 saturated heterocycles. The molecule has 1 saturated carbocycles. The van der Waals surface area contributed by atoms with Gasteiger partial charge in [-0.15, -0.1) is 0 Å². The van der Waals surface area contributed by atoms with Crippen LogP contribution in [0.3, 0.4) is 0 Å². The van der Waals surface area contributed by atoms with E-state index in [9.17, 15) is 26.7 Å². The second-order valence-electron chi connectivity index (χ2n) is 4.85. The first kappa shape index (κ1) is 15.5. The van der Waals surface area contributed by atoms with Crippen LogP contribution < -0.4 is 10.6 Å². The topological polar surface area (TPSA) is 41.1 Å². The van der Waals surface area contributed by atoms with E-state index in [1.54, 1.807) is 0 Å². The molecule has 1 aromatic rings. The van der Waals surface area contributed by atoms with E-state index in [1.807, 2.05) is 5.32 Å². The van der Waals surface area contributed by atoms with Gasteiger partial charge in [0.15, 0.2) is 23.3 Å². The molecule has 0 radical (unpaired) electrons. The number of carbonyl (C=O) groups excluding carboxylic acids is 1. The molecule has 1 amide bonds. The lowest BCUT2D eigenvalue weighted by atomic mass is 10.2. The first-order chi connectivity index (χ1) is 9.91. The van der Waals surface area contributed by atoms with Gasteiger partial charge >= 0.3 is 0 Å². The maximum absolute atomic E-state index is 13.3. The lowest BCUT2D eigenvalue weighted by molar-refractivity contribution is -0.120. The van der Waals surface area contributed by atoms with Crippen LogP contribution in [0.1, 0.15) is 25.7 Å². The van der Waals surface area contributed by atoms with Crippen LogP contribution in [0.25, 0.3) is 0 Å². The van der Waals surface area contributed by atoms with E-state index in [1.165, 1.54) is 0 Å². The standard InChI is InChI=1S/C13H13F5N2O/c14-8-9(15)11(17)13(12(18)10(8)16)19-5-7(21)20-6-3-1-2-4-6/h6,19H,1-5H2,(H,20,21). The van der Waals surface area contributed by atoms with Crippen molar-refractivity contribution in [1.29, 1.82) is 0 Å². The molecule has 0 atom stereocenters. The molecule has 1 aromatic carbocycles. The van der Waals surface area contributed by atoms with Crippen LogP contribution in [0.15, 0.2) is 0 Å². The van der Waals surface area contributed by atoms with E-state index < -0.39 is 47.2 Å². The van der Waals surface area contributed by atoms with Crippen molar-refractivity contribution < 1.29 is 26.7 Å². The Labute approximate surface area is 117 Å². The summed E-state index contributed by atoms with van der Waals surface area (Å²) in [5, 5.41) is 4.58. The van der Waals surface area contributed by atoms with E-state index in [0.29, 0.717) is 0 Å². The van der Waals surface area contributed by atoms with Gasteiger partial charge in [0.1, 0.15) is 5.69 Å². The van der Waals surface area contributed by atoms with Gasteiger partial charge in [0.2, 0.25) is 11.7 Å². The summed E-state index contributed by atoms with van der Waals surface area (Å²) in [6, 6.07) is -0.00400. The maximum Gasteiger partial charge on any atom is 0.239 e. The number of nitrogens with one attached hydrogen (secondary N) is 2. The number of anilines is 1. The first-order valence-corrected chi connectivity index (χ1v) is 6.46. The Balaban J connectivity index is 2.04. The molecule has 8 heteroatoms. The van der Waals surface area contributed by atoms with Gasteiger partial charge in [0, 0.05) is 6.04 Å². The molecule has 3 nitrogen and oxygen atoms in total. The molecule has 116 valence electrons. The predicted octanol–water partition coefficient (Wildman–Crippen LogP) is 2.85. The van der Waals surface area contributed by atoms with Crippen molar-refractivity contribution in [3.05, 3.63) is 29.1 Å². The maximum atomic E-state index is 13.3. The third kappa shape index (κ3) is 3.25. The summed E-state index contributed by atoms with van der Waals surface area (Å²) >= 11 is 0. The van der Waals surface area contributed by atoms with Gasteiger partial charge in [-0.2, -0.15) is 0 Å². The number of carbonyl (C=O) groups is 1. The summed E-state index contributed by atoms with van der Waals surface area (Å²) in [5.41, 5.74) is -1.20. The third-order valence-corrected chi connectivity index (χ3v) is 3.36. The average molecular weight is 308 g/mol. The predicted molar refractivity (Wildman–Crippen MR) is 65.1 cm³/mol. The largest absolute Gasteiger partial charge is 0.371 e. The number of amides is 1. The van der Waals surface area contributed by atoms with Gasteiger partial charge in [0.05, 0.1) is 6.54 Å². The number of hydrogen-bond acceptors (Lipinski definition) is 2. The lowest BCUT2D eigenvalue weighted by Gasteiger charge is -2.14. The Morgan fingerprint density at radius 3 is 1.90 bits per heavy atom. The molecule has 0 unspecified atom stereocenters. The molecular weight excluding hydrogens is 295 g/mol. The highest BCUT2D eigenvalue weighted by molar-refractivity contribution is 5.81. The molecule has 0 aromatic heterocycles. The summed E-state index contributed by atoms with van der Waals surface area (Å²) in [7, 11) is 0. The van der Waals surface area contributed by atoms with Crippen molar-refractivity contribution in [3.63, 3.8) is 0 Å². The second kappa shape index (κ2) is 6.28. The molecule has 1 aliphatic carbocycles. The van der Waals surface area contributed by atoms with E-state index in [4.69, 9.17) is 0 Å². The minimum absolute atomic E-state index is 0.00400. The van der Waals surface area contributed by atoms with Gasteiger partial charge < -0.3 is 10.6 Å². The van der Waals surface area contributed by atoms with Gasteiger partial charge in [-0.25, -0.2) is 22.0 Å². The SMILES string of the molecule is O=C(CNc1c(F)c(F)c(F)c(F)c1F)NC1CCCC1. The van der Waals surface area contributed by atoms with Crippen LogP contribution in [0.5, 0.6) is 0 Å². The minimum atomic E-state index is -2.23. The third-order valence-electron chi connectivity index (χ3n) is 3.36. The average Bonchev–Trinajstić information content (AvgIpc) is 2.96. The van der Waals surface area contributed by atoms with Gasteiger partial charge in [-0.3, -0.25) is 4.79 Å². The van der Waals surface area contributed by atoms with Crippen molar-refractivity contribution >= 4 is 11.6 Å². The Bertz CT molecular complexity index is 529. The fourth-order valence-corrected chi connectivity index (χ4v) is 2.28. The summed E-state index contributed by atoms with van der Waals surface area (Å²) in [5.74, 6) is -10.9. The number of halogens is 5. The molecular formula is C13H13F5N2O. The fraction of sp³-hybridized carbons (Fsp3) is 0.462. The first-order valence-electron chi connectivity index (χ1n) is 6.46. The normalized spacial score (nSPS) is 15.3. The monoisotopic (exact) mass is 308 g/mol. The lowest BCUT2D eigenvalue weighted by Crippen LogP contribution is -2.37. The quantitative estimate of drug-likeness (QED) is 0.510. The highest BCUT2D eigenvalue weighted by Crippen LogP contribution is 2.26. The molecule has 0 spiro atoms. The van der Waals surface area contributed by atoms with Gasteiger partial charge in [-0.1, -0.05) is 12.8 Å². The van der Waals surface area contributed by atoms with Crippen molar-refractivity contribution in [2.75, 3.05) is 11.9 Å². The zero-order valence-electron chi connectivity index (χ0n) is 10.9. The van der Waals surface area contributed by atoms with E-state index in [0.717, 1.165) is 25.7 Å². The smallest absolute Gasteiger partial charge is 0.239 e. The molecule has 0 bridgehead atoms. The van der Waals surface area contributed by atoms with Gasteiger partial charge in [0.25, 0.3) is 0 Å². The molecule has 1 fully saturated rings. The van der Waals surface area contributed by atoms with Crippen molar-refractivity contribution in [3.8, 4) is 0 Å². The molecule has 2 rings (SSSR count). The number of benzene rings is 1. The highest BCUT2D eigenvalue weighted by Gasteiger charge is 2.26. The molecule has 1 aliphatic rings. The summed E-state index contributed by atoms with van der Waals surface area (Å²) in [6.07, 6.45) is 3.59. The minimum Gasteiger partial charge on any atom is -0.371 e. The Morgan fingerprint density at radius 1 is 0.905 bits per heavy atom. The number of rotatable bonds is 4. The zero-order chi connectivity index (χ0) is 15.6. The fourth-order valence-electron chi connectivity index (χ4n) is 2.28. The summed E-state index contributed by atoms with van der Waals surface area (Å²) in [4.78, 5) is 11.6. The zero-order valence-corrected chi connectivity index (χ0v) is 10.9. The summed E-state index contributed by atoms with van der Waals surface area (Å²) < 4.78 is 65.4. The van der Waals surface area contributed by atoms with Crippen LogP contribution >= 0.6 is 0 Å². The molecule has 2 N–H and O–H groups in total. The number of hydrogen-bond donors (Lipinski definition) is 2. The molecule has 21 heavy (non-hydrogen) atoms. The van der Waals surface area contributed by atoms with Crippen LogP contribution in [0, 0.1) is 29.1 Å². The van der Waals surface area contributed by atoms with Gasteiger partial charge in [-0.05, 0) is 12.8 Å². The van der Waals surface area contributed by atoms with Crippen LogP contribution in [-0.4, -0.2) is 18.5 Å². The van der Waals surface area contributed by atoms with E-state index >= 15 is 0 Å². The van der Waals surface area contributed by atoms with E-state index in [-0.39, 0.29) is 6.04 Å².